The highest BCUT2D eigenvalue weighted by molar-refractivity contribution is 5.86. The number of carbonyl (C=O) groups is 2. The van der Waals surface area contributed by atoms with Crippen LogP contribution in [0, 0.1) is 0 Å². The summed E-state index contributed by atoms with van der Waals surface area (Å²) in [5, 5.41) is 20.6. The smallest absolute Gasteiger partial charge is 0.306 e. The Morgan fingerprint density at radius 1 is 0.775 bits per heavy atom. The summed E-state index contributed by atoms with van der Waals surface area (Å²) in [6.07, 6.45) is 0.722. The lowest BCUT2D eigenvalue weighted by Gasteiger charge is -2.26. The van der Waals surface area contributed by atoms with Crippen molar-refractivity contribution in [2.75, 3.05) is 18.1 Å². The molecule has 0 saturated heterocycles. The summed E-state index contributed by atoms with van der Waals surface area (Å²) >= 11 is 0. The molecule has 0 aliphatic heterocycles. The summed E-state index contributed by atoms with van der Waals surface area (Å²) in [6.45, 7) is 17.1. The number of phenolic OH excluding ortho intramolecular Hbond substituents is 2. The Morgan fingerprint density at radius 3 is 1.62 bits per heavy atom. The molecule has 0 bridgehead atoms. The topological polar surface area (TPSA) is 145 Å². The van der Waals surface area contributed by atoms with Crippen LogP contribution < -0.4 is 11.5 Å². The van der Waals surface area contributed by atoms with E-state index in [9.17, 15) is 19.8 Å². The average molecular weight is 557 g/mol. The molecule has 0 heterocycles. The third-order valence-electron chi connectivity index (χ3n) is 6.96. The van der Waals surface area contributed by atoms with Crippen LogP contribution in [0.5, 0.6) is 11.5 Å². The Bertz CT molecular complexity index is 1220. The van der Waals surface area contributed by atoms with Gasteiger partial charge in [-0.05, 0) is 67.7 Å². The number of phenols is 2. The number of esters is 1. The summed E-state index contributed by atoms with van der Waals surface area (Å²) in [7, 11) is 0. The van der Waals surface area contributed by atoms with Gasteiger partial charge in [0.25, 0.3) is 0 Å². The summed E-state index contributed by atoms with van der Waals surface area (Å²) in [5.74, 6) is -0.321. The third kappa shape index (κ3) is 8.88. The average Bonchev–Trinajstić information content (AvgIpc) is 2.82. The van der Waals surface area contributed by atoms with E-state index >= 15 is 0 Å². The fourth-order valence-electron chi connectivity index (χ4n) is 4.40. The lowest BCUT2D eigenvalue weighted by molar-refractivity contribution is -0.157. The molecule has 0 aromatic heterocycles. The number of ether oxygens (including phenoxy) is 2. The van der Waals surface area contributed by atoms with Crippen LogP contribution in [0.1, 0.15) is 97.4 Å². The first-order chi connectivity index (χ1) is 18.2. The van der Waals surface area contributed by atoms with Gasteiger partial charge in [0.2, 0.25) is 0 Å². The van der Waals surface area contributed by atoms with Crippen molar-refractivity contribution in [2.24, 2.45) is 0 Å². The van der Waals surface area contributed by atoms with Gasteiger partial charge in [-0.2, -0.15) is 0 Å². The Morgan fingerprint density at radius 2 is 1.20 bits per heavy atom. The molecule has 2 aromatic rings. The number of aryl methyl sites for hydroxylation is 2. The van der Waals surface area contributed by atoms with Crippen LogP contribution in [0.3, 0.4) is 0 Å². The standard InChI is InChI=1S/C32H48N2O6/c1-19(40-27(36)13-11-21-15-23(31(5,6)7)29(38)25(34)17-21)18-39-32(8,9)26(35)12-10-20-14-22(30(2,3)4)28(37)24(33)16-20/h14-17,19,37-38H,10-13,18,33-34H2,1-9H3. The van der Waals surface area contributed by atoms with Crippen LogP contribution in [-0.4, -0.2) is 40.3 Å². The minimum atomic E-state index is -1.07. The van der Waals surface area contributed by atoms with E-state index in [0.29, 0.717) is 18.5 Å². The second-order valence-electron chi connectivity index (χ2n) is 13.2. The maximum Gasteiger partial charge on any atom is 0.306 e. The van der Waals surface area contributed by atoms with Gasteiger partial charge < -0.3 is 31.2 Å². The lowest BCUT2D eigenvalue weighted by Crippen LogP contribution is -2.38. The number of aromatic hydroxyl groups is 2. The number of nitrogen functional groups attached to an aromatic ring is 2. The second kappa shape index (κ2) is 12.5. The molecule has 0 amide bonds. The van der Waals surface area contributed by atoms with Crippen molar-refractivity contribution in [1.82, 2.24) is 0 Å². The number of rotatable bonds is 11. The zero-order valence-electron chi connectivity index (χ0n) is 25.6. The van der Waals surface area contributed by atoms with Crippen molar-refractivity contribution in [3.63, 3.8) is 0 Å². The molecular formula is C32H48N2O6. The van der Waals surface area contributed by atoms with E-state index in [1.54, 1.807) is 32.9 Å². The van der Waals surface area contributed by atoms with Gasteiger partial charge >= 0.3 is 5.97 Å². The van der Waals surface area contributed by atoms with E-state index in [1.165, 1.54) is 0 Å². The van der Waals surface area contributed by atoms with Gasteiger partial charge in [0.1, 0.15) is 23.2 Å². The lowest BCUT2D eigenvalue weighted by atomic mass is 9.84. The normalized spacial score (nSPS) is 13.2. The van der Waals surface area contributed by atoms with E-state index < -0.39 is 11.7 Å². The highest BCUT2D eigenvalue weighted by Crippen LogP contribution is 2.37. The molecule has 6 N–H and O–H groups in total. The molecule has 0 fully saturated rings. The maximum absolute atomic E-state index is 13.0. The van der Waals surface area contributed by atoms with Crippen molar-refractivity contribution in [3.8, 4) is 11.5 Å². The first kappa shape index (κ1) is 32.9. The van der Waals surface area contributed by atoms with Gasteiger partial charge in [0.05, 0.1) is 18.0 Å². The van der Waals surface area contributed by atoms with Gasteiger partial charge in [-0.3, -0.25) is 9.59 Å². The van der Waals surface area contributed by atoms with Crippen LogP contribution in [0.25, 0.3) is 0 Å². The molecule has 0 spiro atoms. The Kier molecular flexibility index (Phi) is 10.3. The van der Waals surface area contributed by atoms with Crippen LogP contribution in [-0.2, 0) is 42.7 Å². The monoisotopic (exact) mass is 556 g/mol. The van der Waals surface area contributed by atoms with Crippen LogP contribution >= 0.6 is 0 Å². The summed E-state index contributed by atoms with van der Waals surface area (Å²) in [4.78, 5) is 25.4. The van der Waals surface area contributed by atoms with Crippen LogP contribution in [0.15, 0.2) is 24.3 Å². The highest BCUT2D eigenvalue weighted by Gasteiger charge is 2.29. The number of benzene rings is 2. The maximum atomic E-state index is 13.0. The second-order valence-corrected chi connectivity index (χ2v) is 13.2. The summed E-state index contributed by atoms with van der Waals surface area (Å²) in [5.41, 5.74) is 14.1. The molecule has 0 saturated carbocycles. The van der Waals surface area contributed by atoms with E-state index in [4.69, 9.17) is 20.9 Å². The van der Waals surface area contributed by atoms with Gasteiger partial charge in [0, 0.05) is 24.0 Å². The van der Waals surface area contributed by atoms with Gasteiger partial charge in [-0.25, -0.2) is 0 Å². The van der Waals surface area contributed by atoms with Crippen molar-refractivity contribution >= 4 is 23.1 Å². The van der Waals surface area contributed by atoms with E-state index in [1.807, 2.05) is 53.7 Å². The van der Waals surface area contributed by atoms with E-state index in [-0.39, 0.29) is 59.2 Å². The molecular weight excluding hydrogens is 508 g/mol. The molecule has 0 aliphatic rings. The molecule has 2 aromatic carbocycles. The number of hydrogen-bond acceptors (Lipinski definition) is 8. The number of hydrogen-bond donors (Lipinski definition) is 4. The molecule has 2 rings (SSSR count). The molecule has 222 valence electrons. The highest BCUT2D eigenvalue weighted by atomic mass is 16.6. The van der Waals surface area contributed by atoms with Crippen molar-refractivity contribution in [2.45, 2.75) is 111 Å². The largest absolute Gasteiger partial charge is 0.505 e. The molecule has 40 heavy (non-hydrogen) atoms. The molecule has 0 radical (unpaired) electrons. The SMILES string of the molecule is CC(COC(C)(C)C(=O)CCc1cc(N)c(O)c(C(C)(C)C)c1)OC(=O)CCc1cc(N)c(O)c(C(C)(C)C)c1. The quantitative estimate of drug-likeness (QED) is 0.156. The number of Topliss-reactive ketones (excluding diaryl/α,β-unsaturated/α-hetero) is 1. The van der Waals surface area contributed by atoms with Crippen molar-refractivity contribution in [3.05, 3.63) is 46.5 Å². The molecule has 1 atom stereocenters. The molecule has 8 heteroatoms. The fraction of sp³-hybridized carbons (Fsp3) is 0.562. The van der Waals surface area contributed by atoms with Crippen molar-refractivity contribution in [1.29, 1.82) is 0 Å². The zero-order valence-corrected chi connectivity index (χ0v) is 25.6. The van der Waals surface area contributed by atoms with Gasteiger partial charge in [-0.1, -0.05) is 53.7 Å². The summed E-state index contributed by atoms with van der Waals surface area (Å²) < 4.78 is 11.4. The summed E-state index contributed by atoms with van der Waals surface area (Å²) in [6, 6.07) is 7.14. The predicted molar refractivity (Wildman–Crippen MR) is 160 cm³/mol. The van der Waals surface area contributed by atoms with E-state index in [0.717, 1.165) is 22.3 Å². The molecule has 8 nitrogen and oxygen atoms in total. The first-order valence-corrected chi connectivity index (χ1v) is 13.8. The van der Waals surface area contributed by atoms with E-state index in [2.05, 4.69) is 0 Å². The number of ketones is 1. The first-order valence-electron chi connectivity index (χ1n) is 13.8. The third-order valence-corrected chi connectivity index (χ3v) is 6.96. The minimum Gasteiger partial charge on any atom is -0.505 e. The number of carbonyl (C=O) groups excluding carboxylic acids is 2. The molecule has 0 aliphatic carbocycles. The molecule has 1 unspecified atom stereocenters. The van der Waals surface area contributed by atoms with Gasteiger partial charge in [-0.15, -0.1) is 0 Å². The fourth-order valence-corrected chi connectivity index (χ4v) is 4.40. The predicted octanol–water partition coefficient (Wildman–Crippen LogP) is 5.72. The zero-order chi connectivity index (χ0) is 30.6. The van der Waals surface area contributed by atoms with Crippen LogP contribution in [0.4, 0.5) is 11.4 Å². The Balaban J connectivity index is 1.89. The van der Waals surface area contributed by atoms with Crippen LogP contribution in [0.2, 0.25) is 0 Å². The minimum absolute atomic E-state index is 0.0728. The Hall–Kier alpha value is -3.26. The van der Waals surface area contributed by atoms with Gasteiger partial charge in [0.15, 0.2) is 5.78 Å². The van der Waals surface area contributed by atoms with Crippen molar-refractivity contribution < 1.29 is 29.3 Å². The Labute approximate surface area is 239 Å². The number of nitrogens with two attached hydrogens (primary N) is 2. The number of anilines is 2.